The number of nitrogens with two attached hydrogens (primary N) is 1. The first-order valence-corrected chi connectivity index (χ1v) is 14.6. The molecule has 42 heavy (non-hydrogen) atoms. The molecule has 4 aromatic heterocycles. The molecule has 12 nitrogen and oxygen atoms in total. The van der Waals surface area contributed by atoms with Crippen molar-refractivity contribution in [1.82, 2.24) is 29.9 Å². The largest absolute Gasteiger partial charge is 0.379 e. The molecule has 0 spiro atoms. The number of anilines is 3. The fourth-order valence-corrected chi connectivity index (χ4v) is 5.36. The Labute approximate surface area is 247 Å². The second kappa shape index (κ2) is 12.3. The zero-order valence-corrected chi connectivity index (χ0v) is 23.7. The third-order valence-electron chi connectivity index (χ3n) is 7.59. The molecule has 4 heterocycles. The quantitative estimate of drug-likeness (QED) is 0.175. The molecule has 4 aromatic rings. The Kier molecular flexibility index (Phi) is 8.15. The summed E-state index contributed by atoms with van der Waals surface area (Å²) in [6.07, 6.45) is 12.5. The number of fused-ring (bicyclic) bond motifs is 1. The van der Waals surface area contributed by atoms with Gasteiger partial charge in [0, 0.05) is 48.5 Å². The Hall–Kier alpha value is -4.29. The Balaban J connectivity index is 1.10. The first-order valence-electron chi connectivity index (χ1n) is 14.2. The van der Waals surface area contributed by atoms with Gasteiger partial charge in [0.2, 0.25) is 5.91 Å². The summed E-state index contributed by atoms with van der Waals surface area (Å²) in [7, 11) is 0. The van der Waals surface area contributed by atoms with Crippen LogP contribution in [0.3, 0.4) is 0 Å². The summed E-state index contributed by atoms with van der Waals surface area (Å²) in [5.74, 6) is 0.160. The molecule has 0 unspecified atom stereocenters. The van der Waals surface area contributed by atoms with E-state index in [-0.39, 0.29) is 29.1 Å². The molecule has 2 aliphatic rings. The molecule has 1 atom stereocenters. The summed E-state index contributed by atoms with van der Waals surface area (Å²) in [4.78, 5) is 38.3. The minimum Gasteiger partial charge on any atom is -0.379 e. The van der Waals surface area contributed by atoms with Gasteiger partial charge in [0.15, 0.2) is 11.3 Å². The molecule has 2 fully saturated rings. The van der Waals surface area contributed by atoms with Gasteiger partial charge in [0.1, 0.15) is 11.0 Å². The highest BCUT2D eigenvalue weighted by Crippen LogP contribution is 2.30. The summed E-state index contributed by atoms with van der Waals surface area (Å²) in [5, 5.41) is 18.1. The zero-order valence-electron chi connectivity index (χ0n) is 23.0. The summed E-state index contributed by atoms with van der Waals surface area (Å²) in [6.45, 7) is 0. The van der Waals surface area contributed by atoms with E-state index >= 15 is 0 Å². The molecular formula is C29H33ClN10O2. The van der Waals surface area contributed by atoms with Crippen molar-refractivity contribution in [2.45, 2.75) is 69.1 Å². The SMILES string of the molecule is N[C@@H](Cc1ccncc1)C(=O)NC1CCC(Nc2cc(NC3CC3)c3ncc(C(=O)Nc4ccnc(Cl)c4)n3n2)CC1. The maximum Gasteiger partial charge on any atom is 0.276 e. The van der Waals surface area contributed by atoms with E-state index in [0.29, 0.717) is 35.3 Å². The van der Waals surface area contributed by atoms with Crippen LogP contribution in [0.5, 0.6) is 0 Å². The zero-order chi connectivity index (χ0) is 29.1. The van der Waals surface area contributed by atoms with E-state index in [0.717, 1.165) is 49.8 Å². The van der Waals surface area contributed by atoms with E-state index < -0.39 is 6.04 Å². The monoisotopic (exact) mass is 588 g/mol. The van der Waals surface area contributed by atoms with Crippen LogP contribution in [0.4, 0.5) is 17.2 Å². The summed E-state index contributed by atoms with van der Waals surface area (Å²) in [6, 6.07) is 8.98. The van der Waals surface area contributed by atoms with Crippen molar-refractivity contribution >= 4 is 46.3 Å². The van der Waals surface area contributed by atoms with Gasteiger partial charge in [0.25, 0.3) is 5.91 Å². The van der Waals surface area contributed by atoms with E-state index in [1.165, 1.54) is 12.4 Å². The van der Waals surface area contributed by atoms with Gasteiger partial charge in [-0.1, -0.05) is 11.6 Å². The van der Waals surface area contributed by atoms with Gasteiger partial charge in [-0.25, -0.2) is 14.5 Å². The van der Waals surface area contributed by atoms with Gasteiger partial charge in [-0.05, 0) is 74.8 Å². The first-order chi connectivity index (χ1) is 20.4. The summed E-state index contributed by atoms with van der Waals surface area (Å²) in [5.41, 5.74) is 9.39. The number of hydrogen-bond acceptors (Lipinski definition) is 9. The maximum atomic E-state index is 13.2. The van der Waals surface area contributed by atoms with Crippen molar-refractivity contribution in [2.24, 2.45) is 5.73 Å². The lowest BCUT2D eigenvalue weighted by atomic mass is 9.91. The number of rotatable bonds is 10. The third-order valence-corrected chi connectivity index (χ3v) is 7.80. The summed E-state index contributed by atoms with van der Waals surface area (Å²) < 4.78 is 1.57. The molecule has 0 bridgehead atoms. The maximum absolute atomic E-state index is 13.2. The number of carbonyl (C=O) groups is 2. The van der Waals surface area contributed by atoms with Crippen LogP contribution in [0.2, 0.25) is 5.15 Å². The predicted molar refractivity (Wildman–Crippen MR) is 161 cm³/mol. The molecule has 0 aliphatic heterocycles. The highest BCUT2D eigenvalue weighted by Gasteiger charge is 2.27. The van der Waals surface area contributed by atoms with Crippen LogP contribution < -0.4 is 27.0 Å². The second-order valence-electron chi connectivity index (χ2n) is 10.9. The minimum absolute atomic E-state index is 0.0761. The number of imidazole rings is 1. The van der Waals surface area contributed by atoms with E-state index in [1.54, 1.807) is 29.0 Å². The highest BCUT2D eigenvalue weighted by atomic mass is 35.5. The lowest BCUT2D eigenvalue weighted by molar-refractivity contribution is -0.123. The van der Waals surface area contributed by atoms with Crippen LogP contribution in [-0.4, -0.2) is 60.5 Å². The third kappa shape index (κ3) is 6.77. The smallest absolute Gasteiger partial charge is 0.276 e. The molecule has 0 radical (unpaired) electrons. The van der Waals surface area contributed by atoms with Crippen molar-refractivity contribution in [2.75, 3.05) is 16.0 Å². The van der Waals surface area contributed by atoms with E-state index in [9.17, 15) is 9.59 Å². The lowest BCUT2D eigenvalue weighted by Gasteiger charge is -2.30. The number of nitrogens with one attached hydrogen (secondary N) is 4. The van der Waals surface area contributed by atoms with E-state index in [4.69, 9.17) is 22.4 Å². The molecule has 0 aromatic carbocycles. The van der Waals surface area contributed by atoms with E-state index in [2.05, 4.69) is 36.2 Å². The first kappa shape index (κ1) is 27.9. The van der Waals surface area contributed by atoms with Crippen molar-refractivity contribution in [3.05, 3.63) is 71.5 Å². The van der Waals surface area contributed by atoms with Crippen molar-refractivity contribution < 1.29 is 9.59 Å². The number of carbonyl (C=O) groups excluding carboxylic acids is 2. The molecule has 2 amide bonds. The Morgan fingerprint density at radius 1 is 0.952 bits per heavy atom. The standard InChI is InChI=1S/C29H33ClN10O2/c30-25-14-21(9-12-33-25)38-29(42)24-16-34-27-23(35-18-1-2-18)15-26(39-40(24)27)36-19-3-5-20(6-4-19)37-28(41)22(31)13-17-7-10-32-11-8-17/h7-12,14-16,18-20,22,35H,1-6,13,31H2,(H,36,39)(H,37,41)(H,33,38,42)/t19?,20?,22-/m0/s1. The topological polar surface area (TPSA) is 164 Å². The average molecular weight is 589 g/mol. The van der Waals surface area contributed by atoms with Gasteiger partial charge >= 0.3 is 0 Å². The number of nitrogens with zero attached hydrogens (tertiary/aromatic N) is 5. The average Bonchev–Trinajstić information content (AvgIpc) is 3.69. The molecular weight excluding hydrogens is 556 g/mol. The van der Waals surface area contributed by atoms with Gasteiger partial charge in [0.05, 0.1) is 17.9 Å². The highest BCUT2D eigenvalue weighted by molar-refractivity contribution is 6.29. The van der Waals surface area contributed by atoms with Gasteiger partial charge in [-0.15, -0.1) is 5.10 Å². The molecule has 13 heteroatoms. The van der Waals surface area contributed by atoms with Crippen LogP contribution >= 0.6 is 11.6 Å². The lowest BCUT2D eigenvalue weighted by Crippen LogP contribution is -2.48. The number of hydrogen-bond donors (Lipinski definition) is 5. The molecule has 6 N–H and O–H groups in total. The summed E-state index contributed by atoms with van der Waals surface area (Å²) >= 11 is 5.98. The van der Waals surface area contributed by atoms with Crippen LogP contribution in [0, 0.1) is 0 Å². The van der Waals surface area contributed by atoms with Crippen LogP contribution in [-0.2, 0) is 11.2 Å². The van der Waals surface area contributed by atoms with Gasteiger partial charge in [-0.3, -0.25) is 14.6 Å². The van der Waals surface area contributed by atoms with Crippen LogP contribution in [0.15, 0.2) is 55.1 Å². The Morgan fingerprint density at radius 3 is 2.40 bits per heavy atom. The molecule has 0 saturated heterocycles. The molecule has 2 aliphatic carbocycles. The van der Waals surface area contributed by atoms with Crippen molar-refractivity contribution in [3.8, 4) is 0 Å². The van der Waals surface area contributed by atoms with Crippen LogP contribution in [0.1, 0.15) is 54.6 Å². The Bertz CT molecular complexity index is 1570. The predicted octanol–water partition coefficient (Wildman–Crippen LogP) is 3.41. The van der Waals surface area contributed by atoms with Crippen molar-refractivity contribution in [3.63, 3.8) is 0 Å². The molecule has 6 rings (SSSR count). The number of amides is 2. The van der Waals surface area contributed by atoms with E-state index in [1.807, 2.05) is 18.2 Å². The molecule has 2 saturated carbocycles. The number of halogens is 1. The minimum atomic E-state index is -0.603. The molecule has 218 valence electrons. The second-order valence-corrected chi connectivity index (χ2v) is 11.3. The fourth-order valence-electron chi connectivity index (χ4n) is 5.19. The van der Waals surface area contributed by atoms with Crippen LogP contribution in [0.25, 0.3) is 5.65 Å². The number of pyridine rings is 2. The number of aromatic nitrogens is 5. The fraction of sp³-hybridized carbons (Fsp3) is 0.379. The van der Waals surface area contributed by atoms with Gasteiger partial charge < -0.3 is 27.0 Å². The normalized spacial score (nSPS) is 19.2. The van der Waals surface area contributed by atoms with Gasteiger partial charge in [-0.2, -0.15) is 0 Å². The van der Waals surface area contributed by atoms with Crippen molar-refractivity contribution in [1.29, 1.82) is 0 Å². The Morgan fingerprint density at radius 2 is 1.67 bits per heavy atom.